The Kier molecular flexibility index (Phi) is 2.27. The first-order chi connectivity index (χ1) is 6.22. The molecule has 0 aliphatic carbocycles. The van der Waals surface area contributed by atoms with Crippen molar-refractivity contribution in [3.8, 4) is 0 Å². The Hall–Kier alpha value is -0.580. The van der Waals surface area contributed by atoms with Crippen molar-refractivity contribution in [3.05, 3.63) is 28.9 Å². The molecule has 1 nitrogen and oxygen atoms in total. The van der Waals surface area contributed by atoms with Gasteiger partial charge in [0.05, 0.1) is 6.61 Å². The number of hydrogen-bond donors (Lipinski definition) is 2. The maximum Gasteiger partial charge on any atom is 0.141 e. The van der Waals surface area contributed by atoms with Gasteiger partial charge in [0.2, 0.25) is 0 Å². The molecule has 0 saturated carbocycles. The minimum Gasteiger partial charge on any atom is -0.392 e. The molecule has 1 heterocycles. The van der Waals surface area contributed by atoms with Crippen LogP contribution < -0.4 is 0 Å². The molecular formula is C9H7FOS2. The monoisotopic (exact) mass is 214 g/mol. The summed E-state index contributed by atoms with van der Waals surface area (Å²) in [5.74, 6) is -0.222. The van der Waals surface area contributed by atoms with E-state index < -0.39 is 0 Å². The standard InChI is InChI=1S/C9H7FOS2/c10-7-4-13-9-1-5(3-11)8(12)2-6(7)9/h1-2,4,11-12H,3H2. The first-order valence-corrected chi connectivity index (χ1v) is 5.04. The molecule has 0 radical (unpaired) electrons. The van der Waals surface area contributed by atoms with Gasteiger partial charge in [-0.3, -0.25) is 0 Å². The number of hydrogen-bond acceptors (Lipinski definition) is 3. The number of aliphatic hydroxyl groups is 1. The van der Waals surface area contributed by atoms with Crippen LogP contribution in [-0.4, -0.2) is 5.11 Å². The number of thiophene rings is 1. The van der Waals surface area contributed by atoms with Crippen molar-refractivity contribution in [2.45, 2.75) is 11.5 Å². The fourth-order valence-corrected chi connectivity index (χ4v) is 2.32. The highest BCUT2D eigenvalue weighted by Crippen LogP contribution is 2.29. The van der Waals surface area contributed by atoms with Gasteiger partial charge in [0.1, 0.15) is 5.82 Å². The summed E-state index contributed by atoms with van der Waals surface area (Å²) in [6.07, 6.45) is 0. The predicted octanol–water partition coefficient (Wildman–Crippen LogP) is 2.82. The molecule has 1 aromatic heterocycles. The first kappa shape index (κ1) is 8.99. The minimum absolute atomic E-state index is 0.0612. The second-order valence-electron chi connectivity index (χ2n) is 2.72. The summed E-state index contributed by atoms with van der Waals surface area (Å²) in [5, 5.41) is 11.0. The number of fused-ring (bicyclic) bond motifs is 1. The third-order valence-electron chi connectivity index (χ3n) is 1.90. The summed E-state index contributed by atoms with van der Waals surface area (Å²) < 4.78 is 13.9. The summed E-state index contributed by atoms with van der Waals surface area (Å²) in [7, 11) is 0. The van der Waals surface area contributed by atoms with Gasteiger partial charge in [-0.15, -0.1) is 24.0 Å². The lowest BCUT2D eigenvalue weighted by Crippen LogP contribution is -1.84. The van der Waals surface area contributed by atoms with Crippen LogP contribution in [0.4, 0.5) is 4.39 Å². The zero-order chi connectivity index (χ0) is 9.42. The van der Waals surface area contributed by atoms with E-state index in [1.807, 2.05) is 0 Å². The lowest BCUT2D eigenvalue weighted by molar-refractivity contribution is 0.279. The Balaban J connectivity index is 2.76. The van der Waals surface area contributed by atoms with Crippen LogP contribution in [0.25, 0.3) is 10.1 Å². The Morgan fingerprint density at radius 1 is 1.46 bits per heavy atom. The van der Waals surface area contributed by atoms with Crippen LogP contribution in [0.15, 0.2) is 22.4 Å². The van der Waals surface area contributed by atoms with Crippen molar-refractivity contribution in [1.82, 2.24) is 0 Å². The van der Waals surface area contributed by atoms with Gasteiger partial charge in [-0.1, -0.05) is 0 Å². The molecule has 1 aromatic carbocycles. The van der Waals surface area contributed by atoms with Crippen LogP contribution in [0.3, 0.4) is 0 Å². The molecule has 2 aromatic rings. The fourth-order valence-electron chi connectivity index (χ4n) is 1.20. The van der Waals surface area contributed by atoms with Gasteiger partial charge < -0.3 is 5.11 Å². The molecule has 0 aliphatic heterocycles. The van der Waals surface area contributed by atoms with Gasteiger partial charge in [-0.05, 0) is 17.7 Å². The van der Waals surface area contributed by atoms with Crippen LogP contribution >= 0.6 is 24.0 Å². The molecule has 2 rings (SSSR count). The van der Waals surface area contributed by atoms with E-state index in [0.29, 0.717) is 10.3 Å². The molecule has 0 aliphatic rings. The molecule has 1 N–H and O–H groups in total. The lowest BCUT2D eigenvalue weighted by atomic mass is 10.2. The molecule has 13 heavy (non-hydrogen) atoms. The molecule has 4 heteroatoms. The average molecular weight is 214 g/mol. The molecule has 0 saturated heterocycles. The van der Waals surface area contributed by atoms with Crippen LogP contribution in [0.2, 0.25) is 0 Å². The Morgan fingerprint density at radius 3 is 2.92 bits per heavy atom. The zero-order valence-electron chi connectivity index (χ0n) is 6.62. The Morgan fingerprint density at radius 2 is 2.23 bits per heavy atom. The highest BCUT2D eigenvalue weighted by atomic mass is 32.1. The second-order valence-corrected chi connectivity index (χ2v) is 4.11. The quantitative estimate of drug-likeness (QED) is 0.699. The molecule has 0 amide bonds. The van der Waals surface area contributed by atoms with Gasteiger partial charge in [0, 0.05) is 20.4 Å². The van der Waals surface area contributed by atoms with E-state index in [9.17, 15) is 4.39 Å². The maximum atomic E-state index is 13.1. The van der Waals surface area contributed by atoms with Crippen molar-refractivity contribution >= 4 is 34.1 Å². The van der Waals surface area contributed by atoms with E-state index in [1.165, 1.54) is 16.7 Å². The second kappa shape index (κ2) is 3.29. The van der Waals surface area contributed by atoms with E-state index in [0.717, 1.165) is 10.3 Å². The third kappa shape index (κ3) is 1.45. The molecule has 68 valence electrons. The summed E-state index contributed by atoms with van der Waals surface area (Å²) in [5.41, 5.74) is 0.734. The number of rotatable bonds is 1. The first-order valence-electron chi connectivity index (χ1n) is 3.72. The largest absolute Gasteiger partial charge is 0.392 e. The predicted molar refractivity (Wildman–Crippen MR) is 55.0 cm³/mol. The molecule has 0 fully saturated rings. The van der Waals surface area contributed by atoms with E-state index in [-0.39, 0.29) is 12.4 Å². The summed E-state index contributed by atoms with van der Waals surface area (Å²) >= 11 is 5.49. The minimum atomic E-state index is -0.222. The lowest BCUT2D eigenvalue weighted by Gasteiger charge is -2.00. The van der Waals surface area contributed by atoms with Crippen molar-refractivity contribution in [3.63, 3.8) is 0 Å². The zero-order valence-corrected chi connectivity index (χ0v) is 8.33. The molecule has 0 atom stereocenters. The van der Waals surface area contributed by atoms with Gasteiger partial charge in [-0.2, -0.15) is 0 Å². The normalized spacial score (nSPS) is 11.0. The number of thiol groups is 1. The van der Waals surface area contributed by atoms with Crippen LogP contribution in [-0.2, 0) is 6.61 Å². The van der Waals surface area contributed by atoms with Crippen molar-refractivity contribution in [2.75, 3.05) is 0 Å². The number of benzene rings is 1. The number of halogens is 1. The van der Waals surface area contributed by atoms with Crippen molar-refractivity contribution < 1.29 is 9.50 Å². The topological polar surface area (TPSA) is 20.2 Å². The SMILES string of the molecule is OCc1cc2scc(F)c2cc1S. The summed E-state index contributed by atoms with van der Waals surface area (Å²) in [6, 6.07) is 3.42. The van der Waals surface area contributed by atoms with E-state index >= 15 is 0 Å². The van der Waals surface area contributed by atoms with Crippen molar-refractivity contribution in [2.24, 2.45) is 0 Å². The van der Waals surface area contributed by atoms with Gasteiger partial charge in [0.15, 0.2) is 0 Å². The molecule has 0 bridgehead atoms. The van der Waals surface area contributed by atoms with E-state index in [4.69, 9.17) is 5.11 Å². The summed E-state index contributed by atoms with van der Waals surface area (Å²) in [4.78, 5) is 0.632. The fraction of sp³-hybridized carbons (Fsp3) is 0.111. The maximum absolute atomic E-state index is 13.1. The van der Waals surface area contributed by atoms with Gasteiger partial charge in [-0.25, -0.2) is 4.39 Å². The number of aliphatic hydroxyl groups excluding tert-OH is 1. The smallest absolute Gasteiger partial charge is 0.141 e. The van der Waals surface area contributed by atoms with E-state index in [1.54, 1.807) is 12.1 Å². The third-order valence-corrected chi connectivity index (χ3v) is 3.23. The molecule has 0 spiro atoms. The molecule has 0 unspecified atom stereocenters. The van der Waals surface area contributed by atoms with Crippen molar-refractivity contribution in [1.29, 1.82) is 0 Å². The summed E-state index contributed by atoms with van der Waals surface area (Å²) in [6.45, 7) is -0.0612. The molecular weight excluding hydrogens is 207 g/mol. The van der Waals surface area contributed by atoms with Crippen LogP contribution in [0.5, 0.6) is 0 Å². The highest BCUT2D eigenvalue weighted by Gasteiger charge is 2.06. The van der Waals surface area contributed by atoms with E-state index in [2.05, 4.69) is 12.6 Å². The highest BCUT2D eigenvalue weighted by molar-refractivity contribution is 7.80. The van der Waals surface area contributed by atoms with Gasteiger partial charge in [0.25, 0.3) is 0 Å². The Bertz CT molecular complexity index is 450. The van der Waals surface area contributed by atoms with Crippen LogP contribution in [0, 0.1) is 5.82 Å². The van der Waals surface area contributed by atoms with Crippen LogP contribution in [0.1, 0.15) is 5.56 Å². The van der Waals surface area contributed by atoms with Gasteiger partial charge >= 0.3 is 0 Å². The average Bonchev–Trinajstić information content (AvgIpc) is 2.47. The Labute approximate surface area is 84.2 Å².